The smallest absolute Gasteiger partial charge is 0.191 e. The van der Waals surface area contributed by atoms with Crippen LogP contribution in [0.25, 0.3) is 0 Å². The summed E-state index contributed by atoms with van der Waals surface area (Å²) in [6.45, 7) is 10.7. The van der Waals surface area contributed by atoms with Crippen LogP contribution in [0.3, 0.4) is 0 Å². The highest BCUT2D eigenvalue weighted by atomic mass is 16.5. The second-order valence-electron chi connectivity index (χ2n) is 7.15. The Morgan fingerprint density at radius 1 is 1.19 bits per heavy atom. The SMILES string of the molecule is CN=C(NCCCOC(C)c1ccccc1)NCC1CN2CCN1CC2. The van der Waals surface area contributed by atoms with E-state index in [4.69, 9.17) is 4.74 Å². The molecule has 3 aliphatic heterocycles. The average molecular weight is 360 g/mol. The normalized spacial score (nSPS) is 26.5. The number of hydrogen-bond donors (Lipinski definition) is 2. The third-order valence-electron chi connectivity index (χ3n) is 5.37. The van der Waals surface area contributed by atoms with E-state index in [0.29, 0.717) is 6.04 Å². The number of fused-ring (bicyclic) bond motifs is 3. The Morgan fingerprint density at radius 3 is 2.62 bits per heavy atom. The van der Waals surface area contributed by atoms with Crippen LogP contribution < -0.4 is 10.6 Å². The molecule has 144 valence electrons. The summed E-state index contributed by atoms with van der Waals surface area (Å²) in [7, 11) is 1.83. The van der Waals surface area contributed by atoms with Crippen LogP contribution in [0.5, 0.6) is 0 Å². The van der Waals surface area contributed by atoms with Crippen LogP contribution in [0.1, 0.15) is 25.0 Å². The van der Waals surface area contributed by atoms with Gasteiger partial charge in [0.15, 0.2) is 5.96 Å². The quantitative estimate of drug-likeness (QED) is 0.417. The fourth-order valence-electron chi connectivity index (χ4n) is 3.71. The summed E-state index contributed by atoms with van der Waals surface area (Å²) >= 11 is 0. The first-order valence-electron chi connectivity index (χ1n) is 9.83. The van der Waals surface area contributed by atoms with Gasteiger partial charge in [-0.2, -0.15) is 0 Å². The van der Waals surface area contributed by atoms with Gasteiger partial charge in [-0.05, 0) is 18.9 Å². The van der Waals surface area contributed by atoms with Gasteiger partial charge in [0.05, 0.1) is 6.10 Å². The molecule has 3 heterocycles. The maximum absolute atomic E-state index is 5.92. The van der Waals surface area contributed by atoms with E-state index in [0.717, 1.165) is 32.1 Å². The lowest BCUT2D eigenvalue weighted by molar-refractivity contribution is 0.0154. The first-order valence-corrected chi connectivity index (χ1v) is 9.83. The number of nitrogens with zero attached hydrogens (tertiary/aromatic N) is 3. The zero-order valence-electron chi connectivity index (χ0n) is 16.2. The molecule has 2 atom stereocenters. The van der Waals surface area contributed by atoms with E-state index in [9.17, 15) is 0 Å². The molecule has 3 saturated heterocycles. The predicted octanol–water partition coefficient (Wildman–Crippen LogP) is 1.32. The highest BCUT2D eigenvalue weighted by Crippen LogP contribution is 2.16. The Kier molecular flexibility index (Phi) is 7.29. The fourth-order valence-corrected chi connectivity index (χ4v) is 3.71. The highest BCUT2D eigenvalue weighted by Gasteiger charge is 2.31. The molecule has 2 unspecified atom stereocenters. The molecule has 3 fully saturated rings. The van der Waals surface area contributed by atoms with Crippen LogP contribution in [-0.4, -0.2) is 81.3 Å². The van der Waals surface area contributed by atoms with Crippen LogP contribution >= 0.6 is 0 Å². The van der Waals surface area contributed by atoms with Gasteiger partial charge in [0.1, 0.15) is 0 Å². The minimum absolute atomic E-state index is 0.138. The molecule has 1 aromatic carbocycles. The molecule has 0 saturated carbocycles. The number of benzene rings is 1. The van der Waals surface area contributed by atoms with Crippen LogP contribution in [0.4, 0.5) is 0 Å². The Hall–Kier alpha value is -1.63. The summed E-state index contributed by atoms with van der Waals surface area (Å²) in [4.78, 5) is 9.50. The topological polar surface area (TPSA) is 52.1 Å². The van der Waals surface area contributed by atoms with Crippen molar-refractivity contribution in [2.75, 3.05) is 59.5 Å². The van der Waals surface area contributed by atoms with E-state index in [-0.39, 0.29) is 6.10 Å². The molecule has 0 aromatic heterocycles. The largest absolute Gasteiger partial charge is 0.374 e. The molecule has 2 N–H and O–H groups in total. The van der Waals surface area contributed by atoms with Crippen molar-refractivity contribution < 1.29 is 4.74 Å². The second-order valence-corrected chi connectivity index (χ2v) is 7.15. The Morgan fingerprint density at radius 2 is 1.96 bits per heavy atom. The molecule has 0 spiro atoms. The lowest BCUT2D eigenvalue weighted by Gasteiger charge is -2.47. The molecule has 3 aliphatic rings. The van der Waals surface area contributed by atoms with E-state index in [1.54, 1.807) is 0 Å². The number of piperazine rings is 3. The van der Waals surface area contributed by atoms with Gasteiger partial charge in [0, 0.05) is 65.5 Å². The third kappa shape index (κ3) is 5.43. The van der Waals surface area contributed by atoms with Gasteiger partial charge < -0.3 is 15.4 Å². The van der Waals surface area contributed by atoms with Gasteiger partial charge in [-0.1, -0.05) is 30.3 Å². The van der Waals surface area contributed by atoms with E-state index < -0.39 is 0 Å². The van der Waals surface area contributed by atoms with Crippen LogP contribution in [0.2, 0.25) is 0 Å². The summed E-state index contributed by atoms with van der Waals surface area (Å²) in [5.74, 6) is 0.888. The minimum Gasteiger partial charge on any atom is -0.374 e. The zero-order valence-corrected chi connectivity index (χ0v) is 16.2. The van der Waals surface area contributed by atoms with Crippen molar-refractivity contribution in [2.24, 2.45) is 4.99 Å². The second kappa shape index (κ2) is 9.90. The van der Waals surface area contributed by atoms with E-state index in [1.807, 2.05) is 13.1 Å². The Labute approximate surface area is 157 Å². The van der Waals surface area contributed by atoms with Gasteiger partial charge in [-0.15, -0.1) is 0 Å². The van der Waals surface area contributed by atoms with Crippen LogP contribution in [0, 0.1) is 0 Å². The third-order valence-corrected chi connectivity index (χ3v) is 5.37. The van der Waals surface area contributed by atoms with Gasteiger partial charge in [0.2, 0.25) is 0 Å². The average Bonchev–Trinajstić information content (AvgIpc) is 2.71. The van der Waals surface area contributed by atoms with Crippen molar-refractivity contribution in [1.82, 2.24) is 20.4 Å². The van der Waals surface area contributed by atoms with Crippen molar-refractivity contribution in [3.63, 3.8) is 0 Å². The van der Waals surface area contributed by atoms with Gasteiger partial charge in [-0.25, -0.2) is 0 Å². The maximum Gasteiger partial charge on any atom is 0.191 e. The summed E-state index contributed by atoms with van der Waals surface area (Å²) < 4.78 is 5.92. The molecule has 2 bridgehead atoms. The van der Waals surface area contributed by atoms with Gasteiger partial charge in [-0.3, -0.25) is 14.8 Å². The van der Waals surface area contributed by atoms with Gasteiger partial charge in [0.25, 0.3) is 0 Å². The lowest BCUT2D eigenvalue weighted by Crippen LogP contribution is -2.63. The van der Waals surface area contributed by atoms with E-state index in [1.165, 1.54) is 38.3 Å². The van der Waals surface area contributed by atoms with Crippen LogP contribution in [-0.2, 0) is 4.74 Å². The minimum atomic E-state index is 0.138. The van der Waals surface area contributed by atoms with Gasteiger partial charge >= 0.3 is 0 Å². The summed E-state index contributed by atoms with van der Waals surface area (Å²) in [5, 5.41) is 6.87. The molecule has 0 radical (unpaired) electrons. The molecular formula is C20H33N5O. The zero-order chi connectivity index (χ0) is 18.2. The Balaban J connectivity index is 1.28. The fraction of sp³-hybridized carbons (Fsp3) is 0.650. The standard InChI is InChI=1S/C20H33N5O/c1-17(18-7-4-3-5-8-18)26-14-6-9-22-20(21-2)23-15-19-16-24-10-12-25(19)13-11-24/h3-5,7-8,17,19H,6,9-16H2,1-2H3,(H2,21,22,23). The van der Waals surface area contributed by atoms with Crippen molar-refractivity contribution in [2.45, 2.75) is 25.5 Å². The lowest BCUT2D eigenvalue weighted by atomic mass is 10.1. The van der Waals surface area contributed by atoms with Crippen molar-refractivity contribution in [3.8, 4) is 0 Å². The number of hydrogen-bond acceptors (Lipinski definition) is 4. The van der Waals surface area contributed by atoms with E-state index >= 15 is 0 Å². The first-order chi connectivity index (χ1) is 12.8. The maximum atomic E-state index is 5.92. The number of nitrogens with one attached hydrogen (secondary N) is 2. The molecule has 0 amide bonds. The van der Waals surface area contributed by atoms with Crippen LogP contribution in [0.15, 0.2) is 35.3 Å². The number of guanidine groups is 1. The molecule has 6 heteroatoms. The first kappa shape index (κ1) is 19.1. The monoisotopic (exact) mass is 359 g/mol. The van der Waals surface area contributed by atoms with Crippen molar-refractivity contribution in [3.05, 3.63) is 35.9 Å². The number of aliphatic imine (C=N–C) groups is 1. The molecule has 0 aliphatic carbocycles. The Bertz CT molecular complexity index is 557. The summed E-state index contributed by atoms with van der Waals surface area (Å²) in [6.07, 6.45) is 1.10. The molecular weight excluding hydrogens is 326 g/mol. The molecule has 6 nitrogen and oxygen atoms in total. The molecule has 1 aromatic rings. The molecule has 26 heavy (non-hydrogen) atoms. The highest BCUT2D eigenvalue weighted by molar-refractivity contribution is 5.79. The van der Waals surface area contributed by atoms with Crippen molar-refractivity contribution >= 4 is 5.96 Å². The summed E-state index contributed by atoms with van der Waals surface area (Å²) in [5.41, 5.74) is 1.23. The number of ether oxygens (including phenoxy) is 1. The molecule has 4 rings (SSSR count). The number of rotatable bonds is 8. The predicted molar refractivity (Wildman–Crippen MR) is 107 cm³/mol. The van der Waals surface area contributed by atoms with Crippen molar-refractivity contribution in [1.29, 1.82) is 0 Å². The van der Waals surface area contributed by atoms with E-state index in [2.05, 4.69) is 56.6 Å². The summed E-state index contributed by atoms with van der Waals surface area (Å²) in [6, 6.07) is 11.0.